The number of aliphatic hydroxyl groups is 1. The van der Waals surface area contributed by atoms with Gasteiger partial charge in [-0.25, -0.2) is 4.98 Å². The summed E-state index contributed by atoms with van der Waals surface area (Å²) in [6, 6.07) is 6.99. The Bertz CT molecular complexity index is 580. The van der Waals surface area contributed by atoms with Crippen molar-refractivity contribution in [2.45, 2.75) is 13.5 Å². The number of aromatic nitrogens is 2. The summed E-state index contributed by atoms with van der Waals surface area (Å²) in [6.45, 7) is 3.34. The standard InChI is InChI=1S/C13H17N3O2/c1-10(9-17)7-14-8-11-6-13(18)16-5-3-2-4-12(16)15-11/h2-6,10,14,17H,7-9H2,1H3. The van der Waals surface area contributed by atoms with Gasteiger partial charge >= 0.3 is 0 Å². The van der Waals surface area contributed by atoms with E-state index in [9.17, 15) is 4.79 Å². The van der Waals surface area contributed by atoms with Gasteiger partial charge in [-0.2, -0.15) is 0 Å². The second kappa shape index (κ2) is 5.75. The molecule has 0 bridgehead atoms. The first kappa shape index (κ1) is 12.7. The van der Waals surface area contributed by atoms with Gasteiger partial charge in [0.15, 0.2) is 0 Å². The number of hydrogen-bond acceptors (Lipinski definition) is 4. The van der Waals surface area contributed by atoms with Crippen molar-refractivity contribution in [3.8, 4) is 0 Å². The Kier molecular flexibility index (Phi) is 4.07. The number of rotatable bonds is 5. The second-order valence-corrected chi connectivity index (χ2v) is 4.43. The molecule has 0 saturated heterocycles. The number of nitrogens with zero attached hydrogens (tertiary/aromatic N) is 2. The van der Waals surface area contributed by atoms with E-state index in [2.05, 4.69) is 10.3 Å². The lowest BCUT2D eigenvalue weighted by atomic mass is 10.2. The summed E-state index contributed by atoms with van der Waals surface area (Å²) in [5.41, 5.74) is 1.29. The minimum absolute atomic E-state index is 0.0763. The van der Waals surface area contributed by atoms with Crippen molar-refractivity contribution in [1.29, 1.82) is 0 Å². The van der Waals surface area contributed by atoms with Crippen molar-refractivity contribution in [3.63, 3.8) is 0 Å². The van der Waals surface area contributed by atoms with E-state index < -0.39 is 0 Å². The minimum atomic E-state index is -0.0763. The van der Waals surface area contributed by atoms with E-state index in [1.54, 1.807) is 18.3 Å². The molecule has 5 heteroatoms. The van der Waals surface area contributed by atoms with Gasteiger partial charge in [0.2, 0.25) is 0 Å². The topological polar surface area (TPSA) is 66.6 Å². The normalized spacial score (nSPS) is 12.8. The Morgan fingerprint density at radius 3 is 3.11 bits per heavy atom. The van der Waals surface area contributed by atoms with E-state index in [0.717, 1.165) is 5.69 Å². The van der Waals surface area contributed by atoms with E-state index >= 15 is 0 Å². The molecular weight excluding hydrogens is 230 g/mol. The van der Waals surface area contributed by atoms with Gasteiger partial charge in [0.05, 0.1) is 5.69 Å². The molecule has 2 N–H and O–H groups in total. The summed E-state index contributed by atoms with van der Waals surface area (Å²) in [5.74, 6) is 0.201. The Labute approximate surface area is 105 Å². The maximum absolute atomic E-state index is 11.8. The summed E-state index contributed by atoms with van der Waals surface area (Å²) < 4.78 is 1.51. The number of pyridine rings is 1. The van der Waals surface area contributed by atoms with Crippen LogP contribution >= 0.6 is 0 Å². The molecule has 2 heterocycles. The maximum atomic E-state index is 11.8. The smallest absolute Gasteiger partial charge is 0.258 e. The quantitative estimate of drug-likeness (QED) is 0.803. The highest BCUT2D eigenvalue weighted by Gasteiger charge is 2.03. The summed E-state index contributed by atoms with van der Waals surface area (Å²) in [5, 5.41) is 12.1. The van der Waals surface area contributed by atoms with Crippen LogP contribution in [0, 0.1) is 5.92 Å². The Morgan fingerprint density at radius 1 is 1.50 bits per heavy atom. The van der Waals surface area contributed by atoms with Crippen LogP contribution in [0.3, 0.4) is 0 Å². The monoisotopic (exact) mass is 247 g/mol. The zero-order valence-corrected chi connectivity index (χ0v) is 10.3. The molecule has 2 aromatic heterocycles. The molecule has 0 aliphatic carbocycles. The predicted octanol–water partition coefficient (Wildman–Crippen LogP) is 0.412. The lowest BCUT2D eigenvalue weighted by Crippen LogP contribution is -2.24. The molecule has 0 aromatic carbocycles. The third-order valence-corrected chi connectivity index (χ3v) is 2.73. The van der Waals surface area contributed by atoms with Crippen molar-refractivity contribution in [3.05, 3.63) is 46.5 Å². The molecule has 18 heavy (non-hydrogen) atoms. The summed E-state index contributed by atoms with van der Waals surface area (Å²) in [6.07, 6.45) is 1.70. The third-order valence-electron chi connectivity index (χ3n) is 2.73. The molecule has 0 spiro atoms. The SMILES string of the molecule is CC(CO)CNCc1cc(=O)n2ccccc2n1. The first-order valence-electron chi connectivity index (χ1n) is 5.99. The fraction of sp³-hybridized carbons (Fsp3) is 0.385. The van der Waals surface area contributed by atoms with E-state index in [1.807, 2.05) is 13.0 Å². The summed E-state index contributed by atoms with van der Waals surface area (Å²) in [4.78, 5) is 16.2. The van der Waals surface area contributed by atoms with Gasteiger partial charge < -0.3 is 10.4 Å². The van der Waals surface area contributed by atoms with Gasteiger partial charge in [-0.15, -0.1) is 0 Å². The number of aliphatic hydroxyl groups excluding tert-OH is 1. The molecule has 0 saturated carbocycles. The van der Waals surface area contributed by atoms with E-state index in [1.165, 1.54) is 10.5 Å². The van der Waals surface area contributed by atoms with Crippen LogP contribution in [-0.2, 0) is 6.54 Å². The van der Waals surface area contributed by atoms with Gasteiger partial charge in [0, 0.05) is 32.0 Å². The minimum Gasteiger partial charge on any atom is -0.396 e. The first-order valence-corrected chi connectivity index (χ1v) is 5.99. The van der Waals surface area contributed by atoms with E-state index in [0.29, 0.717) is 18.7 Å². The van der Waals surface area contributed by atoms with Gasteiger partial charge in [-0.3, -0.25) is 9.20 Å². The highest BCUT2D eigenvalue weighted by molar-refractivity contribution is 5.37. The number of hydrogen-bond donors (Lipinski definition) is 2. The van der Waals surface area contributed by atoms with Crippen LogP contribution in [0.2, 0.25) is 0 Å². The first-order chi connectivity index (χ1) is 8.70. The molecule has 0 radical (unpaired) electrons. The zero-order chi connectivity index (χ0) is 13.0. The molecule has 1 atom stereocenters. The van der Waals surface area contributed by atoms with Crippen LogP contribution < -0.4 is 10.9 Å². The molecule has 5 nitrogen and oxygen atoms in total. The largest absolute Gasteiger partial charge is 0.396 e. The predicted molar refractivity (Wildman–Crippen MR) is 69.4 cm³/mol. The van der Waals surface area contributed by atoms with Crippen molar-refractivity contribution in [2.75, 3.05) is 13.2 Å². The zero-order valence-electron chi connectivity index (χ0n) is 10.3. The Hall–Kier alpha value is -1.72. The number of nitrogens with one attached hydrogen (secondary N) is 1. The molecule has 96 valence electrons. The lowest BCUT2D eigenvalue weighted by Gasteiger charge is -2.09. The highest BCUT2D eigenvalue weighted by atomic mass is 16.3. The van der Waals surface area contributed by atoms with E-state index in [-0.39, 0.29) is 18.1 Å². The van der Waals surface area contributed by atoms with Crippen LogP contribution in [-0.4, -0.2) is 27.6 Å². The molecule has 1 unspecified atom stereocenters. The van der Waals surface area contributed by atoms with Crippen molar-refractivity contribution in [1.82, 2.24) is 14.7 Å². The van der Waals surface area contributed by atoms with Gasteiger partial charge in [-0.1, -0.05) is 13.0 Å². The Balaban J connectivity index is 2.12. The van der Waals surface area contributed by atoms with Gasteiger partial charge in [0.1, 0.15) is 5.65 Å². The van der Waals surface area contributed by atoms with Crippen molar-refractivity contribution >= 4 is 5.65 Å². The second-order valence-electron chi connectivity index (χ2n) is 4.43. The van der Waals surface area contributed by atoms with Crippen LogP contribution in [0.4, 0.5) is 0 Å². The van der Waals surface area contributed by atoms with Crippen LogP contribution in [0.5, 0.6) is 0 Å². The van der Waals surface area contributed by atoms with Crippen LogP contribution in [0.25, 0.3) is 5.65 Å². The van der Waals surface area contributed by atoms with Gasteiger partial charge in [0.25, 0.3) is 5.56 Å². The molecule has 0 aliphatic heterocycles. The highest BCUT2D eigenvalue weighted by Crippen LogP contribution is 1.99. The fourth-order valence-corrected chi connectivity index (χ4v) is 1.70. The van der Waals surface area contributed by atoms with Gasteiger partial charge in [-0.05, 0) is 18.1 Å². The number of fused-ring (bicyclic) bond motifs is 1. The fourth-order valence-electron chi connectivity index (χ4n) is 1.70. The molecule has 0 fully saturated rings. The average molecular weight is 247 g/mol. The molecule has 2 rings (SSSR count). The average Bonchev–Trinajstić information content (AvgIpc) is 2.38. The van der Waals surface area contributed by atoms with E-state index in [4.69, 9.17) is 5.11 Å². The molecule has 0 amide bonds. The lowest BCUT2D eigenvalue weighted by molar-refractivity contribution is 0.233. The third kappa shape index (κ3) is 2.94. The molecular formula is C13H17N3O2. The van der Waals surface area contributed by atoms with Crippen LogP contribution in [0.15, 0.2) is 35.3 Å². The van der Waals surface area contributed by atoms with Crippen molar-refractivity contribution in [2.24, 2.45) is 5.92 Å². The van der Waals surface area contributed by atoms with Crippen molar-refractivity contribution < 1.29 is 5.11 Å². The Morgan fingerprint density at radius 2 is 2.33 bits per heavy atom. The maximum Gasteiger partial charge on any atom is 0.258 e. The van der Waals surface area contributed by atoms with Crippen LogP contribution in [0.1, 0.15) is 12.6 Å². The summed E-state index contributed by atoms with van der Waals surface area (Å²) >= 11 is 0. The molecule has 0 aliphatic rings. The molecule has 2 aromatic rings. The summed E-state index contributed by atoms with van der Waals surface area (Å²) in [7, 11) is 0.